The molecule has 0 aliphatic rings. The first kappa shape index (κ1) is 17.4. The van der Waals surface area contributed by atoms with Crippen molar-refractivity contribution in [2.75, 3.05) is 0 Å². The van der Waals surface area contributed by atoms with Gasteiger partial charge in [-0.05, 0) is 41.5 Å². The summed E-state index contributed by atoms with van der Waals surface area (Å²) in [4.78, 5) is 34.3. The van der Waals surface area contributed by atoms with Crippen LogP contribution in [0.25, 0.3) is 11.0 Å². The van der Waals surface area contributed by atoms with Gasteiger partial charge >= 0.3 is 5.69 Å². The molecule has 3 aromatic heterocycles. The van der Waals surface area contributed by atoms with Gasteiger partial charge in [0.1, 0.15) is 0 Å². The molecule has 0 saturated carbocycles. The van der Waals surface area contributed by atoms with Crippen LogP contribution >= 0.6 is 15.9 Å². The van der Waals surface area contributed by atoms with Crippen LogP contribution in [-0.2, 0) is 13.1 Å². The standard InChI is InChI=1S/C20H15BrN4O2/c21-16-7-5-14(6-8-16)12-24-17-4-2-10-23-18(17)19(26)25(20(24)27)13-15-3-1-9-22-11-15/h1-11H,12-13H2. The molecule has 27 heavy (non-hydrogen) atoms. The van der Waals surface area contributed by atoms with Crippen LogP contribution in [0.5, 0.6) is 0 Å². The maximum atomic E-state index is 13.1. The van der Waals surface area contributed by atoms with Crippen molar-refractivity contribution < 1.29 is 0 Å². The van der Waals surface area contributed by atoms with Gasteiger partial charge in [0.25, 0.3) is 5.56 Å². The number of aromatic nitrogens is 4. The van der Waals surface area contributed by atoms with Crippen molar-refractivity contribution in [3.63, 3.8) is 0 Å². The summed E-state index contributed by atoms with van der Waals surface area (Å²) >= 11 is 3.41. The number of halogens is 1. The summed E-state index contributed by atoms with van der Waals surface area (Å²) in [5.41, 5.74) is 1.77. The van der Waals surface area contributed by atoms with Gasteiger partial charge < -0.3 is 0 Å². The smallest absolute Gasteiger partial charge is 0.287 e. The minimum atomic E-state index is -0.397. The number of hydrogen-bond acceptors (Lipinski definition) is 4. The van der Waals surface area contributed by atoms with E-state index in [9.17, 15) is 9.59 Å². The highest BCUT2D eigenvalue weighted by Gasteiger charge is 2.14. The summed E-state index contributed by atoms with van der Waals surface area (Å²) in [6, 6.07) is 14.8. The number of rotatable bonds is 4. The third kappa shape index (κ3) is 3.46. The van der Waals surface area contributed by atoms with E-state index in [0.29, 0.717) is 12.1 Å². The number of nitrogens with zero attached hydrogens (tertiary/aromatic N) is 4. The van der Waals surface area contributed by atoms with E-state index in [1.165, 1.54) is 4.57 Å². The zero-order valence-corrected chi connectivity index (χ0v) is 15.8. The Morgan fingerprint density at radius 3 is 2.33 bits per heavy atom. The Bertz CT molecular complexity index is 1210. The van der Waals surface area contributed by atoms with E-state index < -0.39 is 5.56 Å². The van der Waals surface area contributed by atoms with Crippen LogP contribution in [0.4, 0.5) is 0 Å². The molecular weight excluding hydrogens is 408 g/mol. The molecule has 0 aliphatic heterocycles. The van der Waals surface area contributed by atoms with Crippen molar-refractivity contribution in [1.82, 2.24) is 19.1 Å². The number of pyridine rings is 2. The average molecular weight is 423 g/mol. The molecule has 7 heteroatoms. The Morgan fingerprint density at radius 1 is 0.852 bits per heavy atom. The number of fused-ring (bicyclic) bond motifs is 1. The molecule has 0 amide bonds. The number of hydrogen-bond donors (Lipinski definition) is 0. The van der Waals surface area contributed by atoms with Gasteiger partial charge in [0.15, 0.2) is 5.52 Å². The lowest BCUT2D eigenvalue weighted by molar-refractivity contribution is 0.632. The zero-order valence-electron chi connectivity index (χ0n) is 14.2. The van der Waals surface area contributed by atoms with Gasteiger partial charge in [-0.1, -0.05) is 34.1 Å². The molecule has 0 saturated heterocycles. The van der Waals surface area contributed by atoms with Crippen molar-refractivity contribution >= 4 is 27.0 Å². The Labute approximate surface area is 162 Å². The van der Waals surface area contributed by atoms with Crippen molar-refractivity contribution in [3.8, 4) is 0 Å². The van der Waals surface area contributed by atoms with Crippen LogP contribution in [0, 0.1) is 0 Å². The molecule has 1 aromatic carbocycles. The summed E-state index contributed by atoms with van der Waals surface area (Å²) in [7, 11) is 0. The van der Waals surface area contributed by atoms with Crippen LogP contribution in [0.15, 0.2) is 81.2 Å². The summed E-state index contributed by atoms with van der Waals surface area (Å²) in [5.74, 6) is 0. The van der Waals surface area contributed by atoms with Gasteiger partial charge in [-0.3, -0.25) is 18.9 Å². The third-order valence-electron chi connectivity index (χ3n) is 4.30. The lowest BCUT2D eigenvalue weighted by Gasteiger charge is -2.14. The van der Waals surface area contributed by atoms with E-state index in [1.54, 1.807) is 41.4 Å². The fourth-order valence-electron chi connectivity index (χ4n) is 2.98. The highest BCUT2D eigenvalue weighted by Crippen LogP contribution is 2.13. The highest BCUT2D eigenvalue weighted by molar-refractivity contribution is 9.10. The van der Waals surface area contributed by atoms with Crippen molar-refractivity contribution in [2.24, 2.45) is 0 Å². The maximum absolute atomic E-state index is 13.1. The van der Waals surface area contributed by atoms with Gasteiger partial charge in [-0.25, -0.2) is 9.78 Å². The minimum Gasteiger partial charge on any atom is -0.287 e. The molecule has 4 rings (SSSR count). The van der Waals surface area contributed by atoms with Crippen molar-refractivity contribution in [3.05, 3.63) is 104 Å². The Hall–Kier alpha value is -3.06. The van der Waals surface area contributed by atoms with Crippen LogP contribution in [0.1, 0.15) is 11.1 Å². The fraction of sp³-hybridized carbons (Fsp3) is 0.100. The average Bonchev–Trinajstić information content (AvgIpc) is 2.71. The van der Waals surface area contributed by atoms with Crippen LogP contribution in [-0.4, -0.2) is 19.1 Å². The lowest BCUT2D eigenvalue weighted by atomic mass is 10.2. The molecule has 134 valence electrons. The molecule has 4 aromatic rings. The summed E-state index contributed by atoms with van der Waals surface area (Å²) in [5, 5.41) is 0. The van der Waals surface area contributed by atoms with E-state index in [4.69, 9.17) is 0 Å². The van der Waals surface area contributed by atoms with Gasteiger partial charge in [0, 0.05) is 23.1 Å². The monoisotopic (exact) mass is 422 g/mol. The predicted octanol–water partition coefficient (Wildman–Crippen LogP) is 2.81. The fourth-order valence-corrected chi connectivity index (χ4v) is 3.25. The molecule has 0 radical (unpaired) electrons. The first-order valence-corrected chi connectivity index (χ1v) is 9.14. The second-order valence-electron chi connectivity index (χ2n) is 6.12. The third-order valence-corrected chi connectivity index (χ3v) is 4.83. The maximum Gasteiger partial charge on any atom is 0.332 e. The Kier molecular flexibility index (Phi) is 4.68. The molecule has 0 fully saturated rings. The van der Waals surface area contributed by atoms with Crippen LogP contribution < -0.4 is 11.2 Å². The molecule has 0 spiro atoms. The van der Waals surface area contributed by atoms with Gasteiger partial charge in [0.2, 0.25) is 0 Å². The topological polar surface area (TPSA) is 69.8 Å². The first-order chi connectivity index (χ1) is 13.1. The van der Waals surface area contributed by atoms with E-state index >= 15 is 0 Å². The summed E-state index contributed by atoms with van der Waals surface area (Å²) in [6.45, 7) is 0.500. The molecule has 0 bridgehead atoms. The molecule has 0 atom stereocenters. The lowest BCUT2D eigenvalue weighted by Crippen LogP contribution is -2.40. The molecule has 0 N–H and O–H groups in total. The second-order valence-corrected chi connectivity index (χ2v) is 7.03. The van der Waals surface area contributed by atoms with Crippen LogP contribution in [0.2, 0.25) is 0 Å². The summed E-state index contributed by atoms with van der Waals surface area (Å²) in [6.07, 6.45) is 4.86. The molecular formula is C20H15BrN4O2. The first-order valence-electron chi connectivity index (χ1n) is 8.35. The molecule has 3 heterocycles. The molecule has 0 aliphatic carbocycles. The quantitative estimate of drug-likeness (QED) is 0.506. The Morgan fingerprint density at radius 2 is 1.59 bits per heavy atom. The van der Waals surface area contributed by atoms with E-state index in [2.05, 4.69) is 25.9 Å². The van der Waals surface area contributed by atoms with Crippen molar-refractivity contribution in [2.45, 2.75) is 13.1 Å². The van der Waals surface area contributed by atoms with Gasteiger partial charge in [-0.15, -0.1) is 0 Å². The Balaban J connectivity index is 1.90. The molecule has 6 nitrogen and oxygen atoms in total. The predicted molar refractivity (Wildman–Crippen MR) is 107 cm³/mol. The van der Waals surface area contributed by atoms with E-state index in [-0.39, 0.29) is 17.8 Å². The van der Waals surface area contributed by atoms with E-state index in [1.807, 2.05) is 30.3 Å². The van der Waals surface area contributed by atoms with E-state index in [0.717, 1.165) is 15.6 Å². The van der Waals surface area contributed by atoms with Gasteiger partial charge in [-0.2, -0.15) is 0 Å². The highest BCUT2D eigenvalue weighted by atomic mass is 79.9. The normalized spacial score (nSPS) is 11.0. The molecule has 0 unspecified atom stereocenters. The van der Waals surface area contributed by atoms with Crippen LogP contribution in [0.3, 0.4) is 0 Å². The summed E-state index contributed by atoms with van der Waals surface area (Å²) < 4.78 is 3.76. The van der Waals surface area contributed by atoms with Gasteiger partial charge in [0.05, 0.1) is 18.6 Å². The SMILES string of the molecule is O=c1c2ncccc2n(Cc2ccc(Br)cc2)c(=O)n1Cc1cccnc1. The zero-order chi connectivity index (χ0) is 18.8. The number of benzene rings is 1. The minimum absolute atomic E-state index is 0.151. The largest absolute Gasteiger partial charge is 0.332 e. The van der Waals surface area contributed by atoms with Crippen molar-refractivity contribution in [1.29, 1.82) is 0 Å². The second kappa shape index (κ2) is 7.28.